The molecular weight excluding hydrogens is 402 g/mol. The van der Waals surface area contributed by atoms with E-state index in [1.807, 2.05) is 0 Å². The Hall–Kier alpha value is -2.44. The third kappa shape index (κ3) is 17.6. The van der Waals surface area contributed by atoms with Crippen LogP contribution in [0.25, 0.3) is 0 Å². The number of carbonyl (C=O) groups is 4. The molecule has 0 aromatic rings. The summed E-state index contributed by atoms with van der Waals surface area (Å²) in [6, 6.07) is 0. The number of carboxylic acids is 2. The molecule has 30 heavy (non-hydrogen) atoms. The van der Waals surface area contributed by atoms with E-state index in [0.717, 1.165) is 6.42 Å². The first-order valence-corrected chi connectivity index (χ1v) is 9.88. The van der Waals surface area contributed by atoms with E-state index >= 15 is 0 Å². The van der Waals surface area contributed by atoms with E-state index in [-0.39, 0.29) is 25.3 Å². The Morgan fingerprint density at radius 2 is 1.47 bits per heavy atom. The maximum atomic E-state index is 11.6. The van der Waals surface area contributed by atoms with Gasteiger partial charge in [0.15, 0.2) is 0 Å². The van der Waals surface area contributed by atoms with Gasteiger partial charge in [-0.05, 0) is 19.3 Å². The summed E-state index contributed by atoms with van der Waals surface area (Å²) in [5, 5.41) is 22.6. The number of hydrogen-bond acceptors (Lipinski definition) is 8. The van der Waals surface area contributed by atoms with Crippen molar-refractivity contribution in [2.75, 3.05) is 46.1 Å². The Balaban J connectivity index is 3.60. The molecule has 0 aliphatic rings. The van der Waals surface area contributed by atoms with Gasteiger partial charge in [0, 0.05) is 38.9 Å². The van der Waals surface area contributed by atoms with Crippen LogP contribution >= 0.6 is 0 Å². The molecule has 0 saturated heterocycles. The SMILES string of the molecule is NCCOCCOCCC(=O)NCCCCCNC(=O)O[C@@H](CCC(=O)O)C(=O)O. The van der Waals surface area contributed by atoms with E-state index in [0.29, 0.717) is 52.4 Å². The Kier molecular flexibility index (Phi) is 17.1. The van der Waals surface area contributed by atoms with Gasteiger partial charge in [0.1, 0.15) is 0 Å². The van der Waals surface area contributed by atoms with E-state index in [2.05, 4.69) is 10.6 Å². The van der Waals surface area contributed by atoms with Crippen molar-refractivity contribution in [3.05, 3.63) is 0 Å². The van der Waals surface area contributed by atoms with Gasteiger partial charge in [-0.25, -0.2) is 9.59 Å². The minimum absolute atomic E-state index is 0.111. The predicted octanol–water partition coefficient (Wildman–Crippen LogP) is -0.301. The summed E-state index contributed by atoms with van der Waals surface area (Å²) >= 11 is 0. The highest BCUT2D eigenvalue weighted by Crippen LogP contribution is 2.04. The largest absolute Gasteiger partial charge is 0.481 e. The van der Waals surface area contributed by atoms with Crippen LogP contribution in [0, 0.1) is 0 Å². The van der Waals surface area contributed by atoms with E-state index in [1.54, 1.807) is 0 Å². The third-order valence-electron chi connectivity index (χ3n) is 3.70. The molecule has 0 rings (SSSR count). The average Bonchev–Trinajstić information content (AvgIpc) is 2.69. The minimum atomic E-state index is -1.50. The lowest BCUT2D eigenvalue weighted by atomic mass is 10.2. The predicted molar refractivity (Wildman–Crippen MR) is 105 cm³/mol. The lowest BCUT2D eigenvalue weighted by Gasteiger charge is -2.13. The van der Waals surface area contributed by atoms with Crippen LogP contribution in [0.2, 0.25) is 0 Å². The zero-order chi connectivity index (χ0) is 22.6. The molecule has 12 heteroatoms. The van der Waals surface area contributed by atoms with Gasteiger partial charge < -0.3 is 40.8 Å². The third-order valence-corrected chi connectivity index (χ3v) is 3.70. The standard InChI is InChI=1S/C18H33N3O9/c19-7-11-29-13-12-28-10-6-15(22)20-8-2-1-3-9-21-18(27)30-14(17(25)26)4-5-16(23)24/h14H,1-13,19H2,(H,20,22)(H,21,27)(H,23,24)(H,25,26)/t14-/m0/s1. The Morgan fingerprint density at radius 1 is 0.833 bits per heavy atom. The molecule has 0 fully saturated rings. The maximum Gasteiger partial charge on any atom is 0.407 e. The van der Waals surface area contributed by atoms with Gasteiger partial charge in [-0.15, -0.1) is 0 Å². The van der Waals surface area contributed by atoms with Crippen LogP contribution in [-0.4, -0.2) is 86.3 Å². The molecule has 1 atom stereocenters. The van der Waals surface area contributed by atoms with Gasteiger partial charge in [0.25, 0.3) is 0 Å². The fourth-order valence-electron chi connectivity index (χ4n) is 2.16. The van der Waals surface area contributed by atoms with Crippen molar-refractivity contribution in [2.24, 2.45) is 5.73 Å². The topological polar surface area (TPSA) is 187 Å². The summed E-state index contributed by atoms with van der Waals surface area (Å²) in [7, 11) is 0. The van der Waals surface area contributed by atoms with Gasteiger partial charge in [-0.2, -0.15) is 0 Å². The Morgan fingerprint density at radius 3 is 2.07 bits per heavy atom. The van der Waals surface area contributed by atoms with Gasteiger partial charge in [0.2, 0.25) is 12.0 Å². The highest BCUT2D eigenvalue weighted by atomic mass is 16.6. The minimum Gasteiger partial charge on any atom is -0.481 e. The zero-order valence-corrected chi connectivity index (χ0v) is 17.1. The molecule has 0 aromatic heterocycles. The number of ether oxygens (including phenoxy) is 3. The smallest absolute Gasteiger partial charge is 0.407 e. The fourth-order valence-corrected chi connectivity index (χ4v) is 2.16. The first kappa shape index (κ1) is 27.6. The van der Waals surface area contributed by atoms with Crippen LogP contribution in [0.5, 0.6) is 0 Å². The van der Waals surface area contributed by atoms with Crippen LogP contribution in [0.1, 0.15) is 38.5 Å². The average molecular weight is 435 g/mol. The first-order valence-electron chi connectivity index (χ1n) is 9.88. The highest BCUT2D eigenvalue weighted by Gasteiger charge is 2.22. The number of unbranched alkanes of at least 4 members (excludes halogenated alkanes) is 2. The van der Waals surface area contributed by atoms with Crippen molar-refractivity contribution in [1.82, 2.24) is 10.6 Å². The summed E-state index contributed by atoms with van der Waals surface area (Å²) in [6.07, 6.45) is -0.798. The maximum absolute atomic E-state index is 11.6. The molecule has 0 aromatic carbocycles. The molecule has 2 amide bonds. The zero-order valence-electron chi connectivity index (χ0n) is 17.1. The first-order chi connectivity index (χ1) is 14.4. The summed E-state index contributed by atoms with van der Waals surface area (Å²) in [5.41, 5.74) is 5.27. The second-order valence-corrected chi connectivity index (χ2v) is 6.27. The van der Waals surface area contributed by atoms with Crippen molar-refractivity contribution in [3.63, 3.8) is 0 Å². The summed E-state index contributed by atoms with van der Waals surface area (Å²) in [6.45, 7) is 2.89. The number of amides is 2. The highest BCUT2D eigenvalue weighted by molar-refractivity contribution is 5.78. The summed E-state index contributed by atoms with van der Waals surface area (Å²) < 4.78 is 15.1. The van der Waals surface area contributed by atoms with Crippen LogP contribution in [-0.2, 0) is 28.6 Å². The molecule has 0 aliphatic heterocycles. The van der Waals surface area contributed by atoms with Gasteiger partial charge in [-0.1, -0.05) is 0 Å². The van der Waals surface area contributed by atoms with Crippen molar-refractivity contribution in [3.8, 4) is 0 Å². The Bertz CT molecular complexity index is 517. The second-order valence-electron chi connectivity index (χ2n) is 6.27. The molecule has 0 heterocycles. The number of nitrogens with one attached hydrogen (secondary N) is 2. The normalized spacial score (nSPS) is 11.5. The van der Waals surface area contributed by atoms with E-state index in [9.17, 15) is 19.2 Å². The number of hydrogen-bond donors (Lipinski definition) is 5. The van der Waals surface area contributed by atoms with Crippen LogP contribution in [0.15, 0.2) is 0 Å². The molecule has 0 saturated carbocycles. The summed E-state index contributed by atoms with van der Waals surface area (Å²) in [5.74, 6) is -2.68. The van der Waals surface area contributed by atoms with Gasteiger partial charge >= 0.3 is 18.0 Å². The van der Waals surface area contributed by atoms with Crippen LogP contribution < -0.4 is 16.4 Å². The molecule has 0 aliphatic carbocycles. The number of rotatable bonds is 19. The molecule has 174 valence electrons. The van der Waals surface area contributed by atoms with Crippen molar-refractivity contribution >= 4 is 23.9 Å². The second kappa shape index (κ2) is 18.6. The van der Waals surface area contributed by atoms with Crippen molar-refractivity contribution < 1.29 is 43.6 Å². The van der Waals surface area contributed by atoms with Crippen molar-refractivity contribution in [2.45, 2.75) is 44.6 Å². The molecule has 0 spiro atoms. The molecule has 0 unspecified atom stereocenters. The lowest BCUT2D eigenvalue weighted by Crippen LogP contribution is -2.34. The van der Waals surface area contributed by atoms with E-state index < -0.39 is 30.6 Å². The monoisotopic (exact) mass is 435 g/mol. The fraction of sp³-hybridized carbons (Fsp3) is 0.778. The number of alkyl carbamates (subject to hydrolysis) is 1. The summed E-state index contributed by atoms with van der Waals surface area (Å²) in [4.78, 5) is 44.6. The number of nitrogens with two attached hydrogens (primary N) is 1. The molecular formula is C18H33N3O9. The van der Waals surface area contributed by atoms with E-state index in [1.165, 1.54) is 0 Å². The number of carbonyl (C=O) groups excluding carboxylic acids is 2. The van der Waals surface area contributed by atoms with Gasteiger partial charge in [0.05, 0.1) is 26.4 Å². The molecule has 0 bridgehead atoms. The van der Waals surface area contributed by atoms with Gasteiger partial charge in [-0.3, -0.25) is 9.59 Å². The van der Waals surface area contributed by atoms with E-state index in [4.69, 9.17) is 30.2 Å². The molecule has 6 N–H and O–H groups in total. The van der Waals surface area contributed by atoms with Crippen LogP contribution in [0.4, 0.5) is 4.79 Å². The number of aliphatic carboxylic acids is 2. The van der Waals surface area contributed by atoms with Crippen LogP contribution in [0.3, 0.4) is 0 Å². The van der Waals surface area contributed by atoms with Crippen molar-refractivity contribution in [1.29, 1.82) is 0 Å². The number of carboxylic acid groups (broad SMARTS) is 2. The molecule has 0 radical (unpaired) electrons. The Labute approximate surface area is 175 Å². The molecule has 12 nitrogen and oxygen atoms in total. The quantitative estimate of drug-likeness (QED) is 0.169. The lowest BCUT2D eigenvalue weighted by molar-refractivity contribution is -0.148.